The smallest absolute Gasteiger partial charge is 0.325 e. The van der Waals surface area contributed by atoms with Gasteiger partial charge in [0, 0.05) is 36.4 Å². The Kier molecular flexibility index (Phi) is 15.8. The zero-order valence-electron chi connectivity index (χ0n) is 35.9. The van der Waals surface area contributed by atoms with Crippen molar-refractivity contribution in [3.63, 3.8) is 0 Å². The molecule has 64 heavy (non-hydrogen) atoms. The first-order valence-corrected chi connectivity index (χ1v) is 21.5. The van der Waals surface area contributed by atoms with Gasteiger partial charge in [0.1, 0.15) is 30.2 Å². The molecule has 15 nitrogen and oxygen atoms in total. The number of hydrogen-bond donors (Lipinski definition) is 9. The monoisotopic (exact) mass is 868 g/mol. The number of carboxylic acids is 1. The van der Waals surface area contributed by atoms with Crippen LogP contribution in [0.4, 0.5) is 0 Å². The van der Waals surface area contributed by atoms with Gasteiger partial charge in [0.2, 0.25) is 29.5 Å². The van der Waals surface area contributed by atoms with E-state index in [0.29, 0.717) is 36.9 Å². The summed E-state index contributed by atoms with van der Waals surface area (Å²) in [6.07, 6.45) is 3.52. The second kappa shape index (κ2) is 21.8. The lowest BCUT2D eigenvalue weighted by atomic mass is 9.97. The molecule has 0 unspecified atom stereocenters. The number of carboxylic acid groups (broad SMARTS) is 1. The van der Waals surface area contributed by atoms with Crippen molar-refractivity contribution in [2.75, 3.05) is 6.54 Å². The van der Waals surface area contributed by atoms with E-state index >= 15 is 0 Å². The van der Waals surface area contributed by atoms with Gasteiger partial charge in [-0.05, 0) is 77.5 Å². The number of rotatable bonds is 21. The number of amides is 5. The van der Waals surface area contributed by atoms with Gasteiger partial charge in [-0.25, -0.2) is 0 Å². The van der Waals surface area contributed by atoms with Crippen molar-refractivity contribution in [2.24, 2.45) is 11.5 Å². The molecule has 0 bridgehead atoms. The number of nitrogens with one attached hydrogen (secondary N) is 6. The summed E-state index contributed by atoms with van der Waals surface area (Å²) in [5.41, 5.74) is 15.0. The first kappa shape index (κ1) is 46.4. The number of aromatic nitrogens is 1. The Labute approximate surface area is 371 Å². The minimum Gasteiger partial charge on any atom is -0.480 e. The van der Waals surface area contributed by atoms with Crippen LogP contribution in [0.3, 0.4) is 0 Å². The Morgan fingerprint density at radius 2 is 1.12 bits per heavy atom. The van der Waals surface area contributed by atoms with E-state index < -0.39 is 71.8 Å². The zero-order chi connectivity index (χ0) is 45.8. The molecule has 6 aromatic rings. The van der Waals surface area contributed by atoms with E-state index in [-0.39, 0.29) is 19.3 Å². The van der Waals surface area contributed by atoms with Crippen molar-refractivity contribution in [3.05, 3.63) is 132 Å². The summed E-state index contributed by atoms with van der Waals surface area (Å²) >= 11 is 0. The molecule has 6 atom stereocenters. The van der Waals surface area contributed by atoms with Gasteiger partial charge in [0.15, 0.2) is 0 Å². The number of carbonyl (C=O) groups excluding carboxylic acids is 5. The van der Waals surface area contributed by atoms with E-state index in [2.05, 4.69) is 31.6 Å². The summed E-state index contributed by atoms with van der Waals surface area (Å²) in [4.78, 5) is 84.6. The van der Waals surface area contributed by atoms with Crippen molar-refractivity contribution >= 4 is 68.0 Å². The Morgan fingerprint density at radius 3 is 1.84 bits per heavy atom. The predicted octanol–water partition coefficient (Wildman–Crippen LogP) is 3.51. The molecule has 0 saturated heterocycles. The van der Waals surface area contributed by atoms with Gasteiger partial charge in [-0.2, -0.15) is 0 Å². The van der Waals surface area contributed by atoms with Crippen molar-refractivity contribution in [1.29, 1.82) is 0 Å². The quantitative estimate of drug-likeness (QED) is 0.0480. The number of carbonyl (C=O) groups is 6. The van der Waals surface area contributed by atoms with Gasteiger partial charge in [0.05, 0.1) is 6.04 Å². The summed E-state index contributed by atoms with van der Waals surface area (Å²) in [5.74, 6) is -4.58. The van der Waals surface area contributed by atoms with E-state index in [0.717, 1.165) is 38.0 Å². The molecule has 0 spiro atoms. The highest BCUT2D eigenvalue weighted by atomic mass is 16.4. The van der Waals surface area contributed by atoms with Gasteiger partial charge < -0.3 is 48.1 Å². The standard InChI is InChI=1S/C49H56N8O7/c1-29(44(58)55-41(46(60)54-30(2)49(63)64)25-31-21-22-32-12-3-4-14-34(32)24-31)53-47(61)43(27-36-28-52-40-20-8-7-18-38(36)40)57-48(62)42(56-45(59)39(51)19-9-10-23-50)26-35-16-11-15-33-13-5-6-17-37(33)35/h3-8,11-18,20-22,24,28-30,39,41-43,52H,9-10,19,23,25-27,50-51H2,1-2H3,(H,53,61)(H,54,60)(H,55,58)(H,56,59)(H,57,62)(H,63,64)/t29-,30-,39-,41+,42+,43-/m1/s1. The number of benzene rings is 5. The molecule has 0 fully saturated rings. The molecule has 1 heterocycles. The second-order valence-electron chi connectivity index (χ2n) is 16.2. The highest BCUT2D eigenvalue weighted by Gasteiger charge is 2.32. The normalized spacial score (nSPS) is 14.1. The van der Waals surface area contributed by atoms with E-state index in [1.165, 1.54) is 13.8 Å². The topological polar surface area (TPSA) is 251 Å². The lowest BCUT2D eigenvalue weighted by Gasteiger charge is -2.26. The number of hydrogen-bond acceptors (Lipinski definition) is 8. The number of H-pyrrole nitrogens is 1. The third-order valence-corrected chi connectivity index (χ3v) is 11.3. The van der Waals surface area contributed by atoms with E-state index in [9.17, 15) is 33.9 Å². The molecule has 0 aliphatic carbocycles. The number of fused-ring (bicyclic) bond motifs is 3. The van der Waals surface area contributed by atoms with Gasteiger partial charge in [-0.1, -0.05) is 110 Å². The number of para-hydroxylation sites is 1. The van der Waals surface area contributed by atoms with Crippen molar-refractivity contribution in [3.8, 4) is 0 Å². The van der Waals surface area contributed by atoms with Crippen molar-refractivity contribution < 1.29 is 33.9 Å². The summed E-state index contributed by atoms with van der Waals surface area (Å²) in [6.45, 7) is 3.21. The summed E-state index contributed by atoms with van der Waals surface area (Å²) in [6, 6.07) is 27.1. The molecule has 15 heteroatoms. The molecular formula is C49H56N8O7. The average Bonchev–Trinajstić information content (AvgIpc) is 3.70. The lowest BCUT2D eigenvalue weighted by Crippen LogP contribution is -2.59. The Balaban J connectivity index is 1.24. The van der Waals surface area contributed by atoms with E-state index in [1.54, 1.807) is 6.20 Å². The number of aromatic amines is 1. The molecule has 0 radical (unpaired) electrons. The first-order valence-electron chi connectivity index (χ1n) is 21.5. The molecule has 0 saturated carbocycles. The van der Waals surface area contributed by atoms with Gasteiger partial charge in [0.25, 0.3) is 0 Å². The third kappa shape index (κ3) is 12.1. The Bertz CT molecular complexity index is 2620. The molecule has 0 aliphatic rings. The van der Waals surface area contributed by atoms with Crippen LogP contribution in [0, 0.1) is 0 Å². The highest BCUT2D eigenvalue weighted by molar-refractivity contribution is 5.97. The average molecular weight is 869 g/mol. The minimum absolute atomic E-state index is 0.00351. The summed E-state index contributed by atoms with van der Waals surface area (Å²) < 4.78 is 0. The fourth-order valence-electron chi connectivity index (χ4n) is 7.68. The van der Waals surface area contributed by atoms with Crippen molar-refractivity contribution in [2.45, 2.75) is 88.6 Å². The van der Waals surface area contributed by atoms with Crippen LogP contribution < -0.4 is 38.1 Å². The molecule has 11 N–H and O–H groups in total. The largest absolute Gasteiger partial charge is 0.480 e. The highest BCUT2D eigenvalue weighted by Crippen LogP contribution is 2.22. The minimum atomic E-state index is -1.25. The van der Waals surface area contributed by atoms with Crippen LogP contribution in [0.2, 0.25) is 0 Å². The van der Waals surface area contributed by atoms with Crippen molar-refractivity contribution in [1.82, 2.24) is 31.6 Å². The van der Waals surface area contributed by atoms with Gasteiger partial charge in [-0.15, -0.1) is 0 Å². The fourth-order valence-corrected chi connectivity index (χ4v) is 7.68. The SMILES string of the molecule is C[C@@H](NC(=O)[C@H](Cc1ccc2ccccc2c1)NC(=O)[C@@H](C)NC(=O)[C@@H](Cc1c[nH]c2ccccc12)NC(=O)[C@H](Cc1cccc2ccccc12)NC(=O)[C@H](N)CCCCN)C(=O)O. The third-order valence-electron chi connectivity index (χ3n) is 11.3. The van der Waals surface area contributed by atoms with Crippen LogP contribution in [0.5, 0.6) is 0 Å². The Hall–Kier alpha value is -7.10. The first-order chi connectivity index (χ1) is 30.8. The molecule has 1 aromatic heterocycles. The van der Waals surface area contributed by atoms with E-state index in [1.807, 2.05) is 109 Å². The van der Waals surface area contributed by atoms with E-state index in [4.69, 9.17) is 11.5 Å². The second-order valence-corrected chi connectivity index (χ2v) is 16.2. The maximum absolute atomic E-state index is 14.5. The van der Waals surface area contributed by atoms with Crippen LogP contribution in [0.1, 0.15) is 49.8 Å². The molecule has 6 rings (SSSR count). The van der Waals surface area contributed by atoms with Crippen LogP contribution in [-0.2, 0) is 48.0 Å². The summed E-state index contributed by atoms with van der Waals surface area (Å²) in [5, 5.41) is 27.6. The van der Waals surface area contributed by atoms with Gasteiger partial charge >= 0.3 is 5.97 Å². The zero-order valence-corrected chi connectivity index (χ0v) is 35.9. The predicted molar refractivity (Wildman–Crippen MR) is 247 cm³/mol. The molecule has 5 amide bonds. The Morgan fingerprint density at radius 1 is 0.562 bits per heavy atom. The lowest BCUT2D eigenvalue weighted by molar-refractivity contribution is -0.141. The van der Waals surface area contributed by atoms with Crippen LogP contribution in [-0.4, -0.2) is 88.4 Å². The number of nitrogens with two attached hydrogens (primary N) is 2. The van der Waals surface area contributed by atoms with Crippen LogP contribution in [0.15, 0.2) is 115 Å². The number of aliphatic carboxylic acids is 1. The molecule has 5 aromatic carbocycles. The van der Waals surface area contributed by atoms with Crippen LogP contribution in [0.25, 0.3) is 32.4 Å². The van der Waals surface area contributed by atoms with Gasteiger partial charge in [-0.3, -0.25) is 28.8 Å². The summed E-state index contributed by atoms with van der Waals surface area (Å²) in [7, 11) is 0. The molecule has 0 aliphatic heterocycles. The molecule has 334 valence electrons. The maximum Gasteiger partial charge on any atom is 0.325 e. The maximum atomic E-state index is 14.5. The van der Waals surface area contributed by atoms with Crippen LogP contribution >= 0.6 is 0 Å². The fraction of sp³-hybridized carbons (Fsp3) is 0.306. The number of unbranched alkanes of at least 4 members (excludes halogenated alkanes) is 1. The molecular weight excluding hydrogens is 813 g/mol.